The van der Waals surface area contributed by atoms with E-state index in [0.29, 0.717) is 0 Å². The molecule has 0 atom stereocenters. The highest BCUT2D eigenvalue weighted by atomic mass is 16.3. The van der Waals surface area contributed by atoms with E-state index in [9.17, 15) is 5.11 Å². The van der Waals surface area contributed by atoms with Gasteiger partial charge in [-0.1, -0.05) is 13.8 Å². The van der Waals surface area contributed by atoms with Gasteiger partial charge in [0.25, 0.3) is 0 Å². The third-order valence-corrected chi connectivity index (χ3v) is 3.27. The van der Waals surface area contributed by atoms with Gasteiger partial charge in [0.2, 0.25) is 0 Å². The summed E-state index contributed by atoms with van der Waals surface area (Å²) in [5.41, 5.74) is -0.00647. The van der Waals surface area contributed by atoms with E-state index in [4.69, 9.17) is 0 Å². The summed E-state index contributed by atoms with van der Waals surface area (Å²) >= 11 is 0. The number of nitrogens with zero attached hydrogens (tertiary/aromatic N) is 1. The minimum absolute atomic E-state index is 0.00647. The van der Waals surface area contributed by atoms with Crippen LogP contribution in [0.15, 0.2) is 0 Å². The van der Waals surface area contributed by atoms with Gasteiger partial charge in [-0.25, -0.2) is 0 Å². The SMILES string of the molecule is CNC1(CO)CCN(CC(C)C)CC1. The summed E-state index contributed by atoms with van der Waals surface area (Å²) in [5, 5.41) is 12.6. The Morgan fingerprint density at radius 2 is 1.93 bits per heavy atom. The van der Waals surface area contributed by atoms with Gasteiger partial charge in [-0.05, 0) is 38.9 Å². The Balaban J connectivity index is 2.37. The molecule has 1 fully saturated rings. The molecule has 1 saturated heterocycles. The predicted octanol–water partition coefficient (Wildman–Crippen LogP) is 0.689. The van der Waals surface area contributed by atoms with Gasteiger partial charge in [0.1, 0.15) is 0 Å². The van der Waals surface area contributed by atoms with Crippen molar-refractivity contribution in [1.82, 2.24) is 10.2 Å². The van der Waals surface area contributed by atoms with Crippen LogP contribution in [0.25, 0.3) is 0 Å². The van der Waals surface area contributed by atoms with Crippen molar-refractivity contribution in [2.45, 2.75) is 32.2 Å². The van der Waals surface area contributed by atoms with E-state index in [1.54, 1.807) is 0 Å². The number of aliphatic hydroxyl groups is 1. The Labute approximate surface area is 87.5 Å². The first-order valence-electron chi connectivity index (χ1n) is 5.64. The molecule has 0 saturated carbocycles. The molecule has 0 aromatic carbocycles. The Kier molecular flexibility index (Phi) is 4.35. The fourth-order valence-electron chi connectivity index (χ4n) is 2.17. The van der Waals surface area contributed by atoms with Crippen molar-refractivity contribution in [3.05, 3.63) is 0 Å². The highest BCUT2D eigenvalue weighted by Gasteiger charge is 2.32. The fraction of sp³-hybridized carbons (Fsp3) is 1.00. The van der Waals surface area contributed by atoms with Crippen LogP contribution >= 0.6 is 0 Å². The van der Waals surface area contributed by atoms with Crippen LogP contribution in [0.2, 0.25) is 0 Å². The van der Waals surface area contributed by atoms with Gasteiger partial charge >= 0.3 is 0 Å². The van der Waals surface area contributed by atoms with Gasteiger partial charge in [-0.2, -0.15) is 0 Å². The van der Waals surface area contributed by atoms with Gasteiger partial charge < -0.3 is 15.3 Å². The number of rotatable bonds is 4. The smallest absolute Gasteiger partial charge is 0.0614 e. The molecule has 0 bridgehead atoms. The maximum absolute atomic E-state index is 9.33. The van der Waals surface area contributed by atoms with Crippen LogP contribution in [0.5, 0.6) is 0 Å². The number of likely N-dealkylation sites (tertiary alicyclic amines) is 1. The predicted molar refractivity (Wildman–Crippen MR) is 59.4 cm³/mol. The van der Waals surface area contributed by atoms with Gasteiger partial charge in [-0.3, -0.25) is 0 Å². The maximum Gasteiger partial charge on any atom is 0.0614 e. The van der Waals surface area contributed by atoms with Crippen LogP contribution in [0, 0.1) is 5.92 Å². The zero-order valence-corrected chi connectivity index (χ0v) is 9.71. The van der Waals surface area contributed by atoms with E-state index in [2.05, 4.69) is 24.1 Å². The van der Waals surface area contributed by atoms with Gasteiger partial charge in [-0.15, -0.1) is 0 Å². The van der Waals surface area contributed by atoms with Gasteiger partial charge in [0, 0.05) is 12.1 Å². The molecular weight excluding hydrogens is 176 g/mol. The standard InChI is InChI=1S/C11H24N2O/c1-10(2)8-13-6-4-11(9-14,12-3)5-7-13/h10,12,14H,4-9H2,1-3H3. The largest absolute Gasteiger partial charge is 0.394 e. The molecule has 0 unspecified atom stereocenters. The van der Waals surface area contributed by atoms with E-state index in [1.165, 1.54) is 6.54 Å². The average molecular weight is 200 g/mol. The third-order valence-electron chi connectivity index (χ3n) is 3.27. The molecule has 1 aliphatic rings. The van der Waals surface area contributed by atoms with E-state index in [0.717, 1.165) is 31.8 Å². The van der Waals surface area contributed by atoms with Crippen LogP contribution < -0.4 is 5.32 Å². The monoisotopic (exact) mass is 200 g/mol. The minimum atomic E-state index is -0.00647. The summed E-state index contributed by atoms with van der Waals surface area (Å²) in [4.78, 5) is 2.50. The third kappa shape index (κ3) is 2.94. The molecule has 3 nitrogen and oxygen atoms in total. The van der Waals surface area contributed by atoms with Crippen LogP contribution in [0.1, 0.15) is 26.7 Å². The van der Waals surface area contributed by atoms with E-state index >= 15 is 0 Å². The van der Waals surface area contributed by atoms with Crippen LogP contribution in [-0.4, -0.2) is 48.8 Å². The molecule has 1 rings (SSSR count). The van der Waals surface area contributed by atoms with Crippen molar-refractivity contribution in [2.75, 3.05) is 33.3 Å². The molecule has 0 aromatic rings. The summed E-state index contributed by atoms with van der Waals surface area (Å²) < 4.78 is 0. The Morgan fingerprint density at radius 1 is 1.36 bits per heavy atom. The number of aliphatic hydroxyl groups excluding tert-OH is 1. The Hall–Kier alpha value is -0.120. The lowest BCUT2D eigenvalue weighted by atomic mass is 9.88. The fourth-order valence-corrected chi connectivity index (χ4v) is 2.17. The zero-order chi connectivity index (χ0) is 10.6. The number of nitrogens with one attached hydrogen (secondary N) is 1. The van der Waals surface area contributed by atoms with Crippen LogP contribution in [0.4, 0.5) is 0 Å². The lowest BCUT2D eigenvalue weighted by Gasteiger charge is -2.41. The number of likely N-dealkylation sites (N-methyl/N-ethyl adjacent to an activating group) is 1. The average Bonchev–Trinajstić information content (AvgIpc) is 2.19. The number of hydrogen-bond donors (Lipinski definition) is 2. The first-order valence-corrected chi connectivity index (χ1v) is 5.64. The summed E-state index contributed by atoms with van der Waals surface area (Å²) in [7, 11) is 1.95. The summed E-state index contributed by atoms with van der Waals surface area (Å²) in [6, 6.07) is 0. The lowest BCUT2D eigenvalue weighted by molar-refractivity contribution is 0.0791. The van der Waals surface area contributed by atoms with Gasteiger partial charge in [0.05, 0.1) is 6.61 Å². The highest BCUT2D eigenvalue weighted by Crippen LogP contribution is 2.21. The quantitative estimate of drug-likeness (QED) is 0.701. The van der Waals surface area contributed by atoms with Crippen LogP contribution in [0.3, 0.4) is 0 Å². The molecule has 0 spiro atoms. The minimum Gasteiger partial charge on any atom is -0.394 e. The molecule has 2 N–H and O–H groups in total. The second-order valence-electron chi connectivity index (χ2n) is 4.88. The summed E-state index contributed by atoms with van der Waals surface area (Å²) in [5.74, 6) is 0.742. The maximum atomic E-state index is 9.33. The number of piperidine rings is 1. The van der Waals surface area contributed by atoms with Crippen molar-refractivity contribution in [3.63, 3.8) is 0 Å². The van der Waals surface area contributed by atoms with Crippen molar-refractivity contribution < 1.29 is 5.11 Å². The molecule has 1 aliphatic heterocycles. The van der Waals surface area contributed by atoms with Crippen LogP contribution in [-0.2, 0) is 0 Å². The second-order valence-corrected chi connectivity index (χ2v) is 4.88. The molecule has 0 amide bonds. The topological polar surface area (TPSA) is 35.5 Å². The molecule has 0 radical (unpaired) electrons. The molecule has 0 aromatic heterocycles. The molecular formula is C11H24N2O. The molecule has 0 aliphatic carbocycles. The molecule has 84 valence electrons. The van der Waals surface area contributed by atoms with Crippen molar-refractivity contribution in [3.8, 4) is 0 Å². The van der Waals surface area contributed by atoms with Crippen molar-refractivity contribution in [1.29, 1.82) is 0 Å². The Bertz CT molecular complexity index is 157. The number of hydrogen-bond acceptors (Lipinski definition) is 3. The Morgan fingerprint density at radius 3 is 2.29 bits per heavy atom. The van der Waals surface area contributed by atoms with E-state index in [1.807, 2.05) is 7.05 Å². The normalized spacial score (nSPS) is 22.9. The first-order chi connectivity index (χ1) is 6.62. The molecule has 14 heavy (non-hydrogen) atoms. The van der Waals surface area contributed by atoms with Crippen molar-refractivity contribution in [2.24, 2.45) is 5.92 Å². The van der Waals surface area contributed by atoms with E-state index < -0.39 is 0 Å². The molecule has 1 heterocycles. The first kappa shape index (κ1) is 12.0. The molecule has 3 heteroatoms. The zero-order valence-electron chi connectivity index (χ0n) is 9.71. The van der Waals surface area contributed by atoms with Gasteiger partial charge in [0.15, 0.2) is 0 Å². The lowest BCUT2D eigenvalue weighted by Crippen LogP contribution is -2.54. The van der Waals surface area contributed by atoms with Crippen molar-refractivity contribution >= 4 is 0 Å². The highest BCUT2D eigenvalue weighted by molar-refractivity contribution is 4.91. The summed E-state index contributed by atoms with van der Waals surface area (Å²) in [6.45, 7) is 8.18. The second kappa shape index (κ2) is 5.10. The summed E-state index contributed by atoms with van der Waals surface area (Å²) in [6.07, 6.45) is 2.12. The van der Waals surface area contributed by atoms with E-state index in [-0.39, 0.29) is 12.1 Å².